The molecule has 0 saturated carbocycles. The molecular formula is C37H47N3O8. The molecule has 2 amide bonds. The van der Waals surface area contributed by atoms with Gasteiger partial charge in [0.25, 0.3) is 0 Å². The molecule has 0 spiro atoms. The van der Waals surface area contributed by atoms with Gasteiger partial charge in [0, 0.05) is 12.4 Å². The molecule has 0 aliphatic rings. The molecule has 1 aromatic heterocycles. The summed E-state index contributed by atoms with van der Waals surface area (Å²) in [7, 11) is 0. The minimum absolute atomic E-state index is 0.0650. The van der Waals surface area contributed by atoms with Gasteiger partial charge < -0.3 is 29.6 Å². The first-order valence-corrected chi connectivity index (χ1v) is 16.0. The Morgan fingerprint density at radius 2 is 0.979 bits per heavy atom. The molecule has 2 aromatic carbocycles. The topological polar surface area (TPSA) is 142 Å². The lowest BCUT2D eigenvalue weighted by molar-refractivity contribution is -0.148. The molecule has 2 atom stereocenters. The minimum Gasteiger partial charge on any atom is -0.459 e. The molecule has 0 aliphatic carbocycles. The van der Waals surface area contributed by atoms with Crippen LogP contribution in [0.1, 0.15) is 76.6 Å². The Hall–Kier alpha value is -4.93. The molecule has 11 heteroatoms. The third-order valence-corrected chi connectivity index (χ3v) is 6.69. The maximum absolute atomic E-state index is 13.1. The van der Waals surface area contributed by atoms with E-state index >= 15 is 0 Å². The van der Waals surface area contributed by atoms with Crippen molar-refractivity contribution in [2.45, 2.75) is 104 Å². The van der Waals surface area contributed by atoms with Crippen molar-refractivity contribution in [2.24, 2.45) is 0 Å². The van der Waals surface area contributed by atoms with E-state index in [-0.39, 0.29) is 26.1 Å². The van der Waals surface area contributed by atoms with E-state index in [1.807, 2.05) is 66.7 Å². The lowest BCUT2D eigenvalue weighted by Gasteiger charge is -2.23. The Morgan fingerprint density at radius 3 is 1.33 bits per heavy atom. The summed E-state index contributed by atoms with van der Waals surface area (Å²) < 4.78 is 21.8. The van der Waals surface area contributed by atoms with Crippen LogP contribution in [0.3, 0.4) is 0 Å². The Kier molecular flexibility index (Phi) is 13.9. The fraction of sp³-hybridized carbons (Fsp3) is 0.432. The van der Waals surface area contributed by atoms with Gasteiger partial charge in [0.2, 0.25) is 0 Å². The van der Waals surface area contributed by atoms with Gasteiger partial charge in [-0.1, -0.05) is 66.7 Å². The van der Waals surface area contributed by atoms with Crippen LogP contribution in [0.2, 0.25) is 0 Å². The van der Waals surface area contributed by atoms with E-state index in [0.717, 1.165) is 22.3 Å². The van der Waals surface area contributed by atoms with E-state index in [1.54, 1.807) is 53.9 Å². The quantitative estimate of drug-likeness (QED) is 0.152. The third-order valence-electron chi connectivity index (χ3n) is 6.69. The van der Waals surface area contributed by atoms with Crippen LogP contribution in [-0.2, 0) is 54.6 Å². The Morgan fingerprint density at radius 1 is 0.604 bits per heavy atom. The molecule has 48 heavy (non-hydrogen) atoms. The van der Waals surface area contributed by atoms with E-state index < -0.39 is 47.4 Å². The molecule has 0 fully saturated rings. The van der Waals surface area contributed by atoms with Gasteiger partial charge >= 0.3 is 24.1 Å². The number of nitrogens with one attached hydrogen (secondary N) is 2. The summed E-state index contributed by atoms with van der Waals surface area (Å²) in [6.45, 7) is 10.6. The average molecular weight is 662 g/mol. The van der Waals surface area contributed by atoms with E-state index in [4.69, 9.17) is 18.9 Å². The molecule has 258 valence electrons. The van der Waals surface area contributed by atoms with Crippen LogP contribution in [-0.4, -0.2) is 52.4 Å². The number of amides is 2. The summed E-state index contributed by atoms with van der Waals surface area (Å²) in [5.41, 5.74) is 1.77. The highest BCUT2D eigenvalue weighted by atomic mass is 16.6. The maximum atomic E-state index is 13.1. The number of pyridine rings is 1. The van der Waals surface area contributed by atoms with Gasteiger partial charge in [-0.25, -0.2) is 19.2 Å². The number of aryl methyl sites for hydroxylation is 2. The van der Waals surface area contributed by atoms with Crippen molar-refractivity contribution in [3.8, 4) is 0 Å². The number of benzene rings is 2. The molecule has 3 rings (SSSR count). The van der Waals surface area contributed by atoms with Gasteiger partial charge in [0.05, 0.1) is 0 Å². The monoisotopic (exact) mass is 661 g/mol. The van der Waals surface area contributed by atoms with Gasteiger partial charge in [-0.15, -0.1) is 0 Å². The Labute approximate surface area is 282 Å². The second-order valence-corrected chi connectivity index (χ2v) is 13.4. The summed E-state index contributed by atoms with van der Waals surface area (Å²) in [5.74, 6) is -1.17. The summed E-state index contributed by atoms with van der Waals surface area (Å²) in [5, 5.41) is 5.29. The second kappa shape index (κ2) is 17.8. The van der Waals surface area contributed by atoms with Crippen LogP contribution in [0.15, 0.2) is 79.1 Å². The second-order valence-electron chi connectivity index (χ2n) is 13.4. The molecule has 3 aromatic rings. The van der Waals surface area contributed by atoms with Crippen LogP contribution < -0.4 is 10.6 Å². The molecule has 0 unspecified atom stereocenters. The molecule has 1 heterocycles. The number of ether oxygens (including phenoxy) is 4. The standard InChI is InChI=1S/C37H47N3O8/c1-36(2,3)47-34(43)39-30(32(41)45-24-26-13-9-7-10-14-26)19-17-28-21-29(23-38-22-28)18-20-31(40-35(44)48-37(4,5)6)33(42)46-25-27-15-11-8-12-16-27/h7-16,21-23,30-31H,17-20,24-25H2,1-6H3,(H,39,43)(H,40,44)/t30-,31-/m0/s1. The number of aromatic nitrogens is 1. The smallest absolute Gasteiger partial charge is 0.408 e. The highest BCUT2D eigenvalue weighted by molar-refractivity contribution is 5.82. The van der Waals surface area contributed by atoms with Crippen LogP contribution in [0.25, 0.3) is 0 Å². The van der Waals surface area contributed by atoms with E-state index in [2.05, 4.69) is 15.6 Å². The number of hydrogen-bond acceptors (Lipinski definition) is 9. The van der Waals surface area contributed by atoms with Crippen molar-refractivity contribution in [1.29, 1.82) is 0 Å². The molecule has 0 radical (unpaired) electrons. The predicted octanol–water partition coefficient (Wildman–Crippen LogP) is 6.22. The Balaban J connectivity index is 1.66. The van der Waals surface area contributed by atoms with Crippen molar-refractivity contribution in [2.75, 3.05) is 0 Å². The number of carbonyl (C=O) groups is 4. The van der Waals surface area contributed by atoms with Crippen LogP contribution in [0.5, 0.6) is 0 Å². The number of nitrogens with zero attached hydrogens (tertiary/aromatic N) is 1. The first-order valence-electron chi connectivity index (χ1n) is 16.0. The number of alkyl carbamates (subject to hydrolysis) is 2. The van der Waals surface area contributed by atoms with Gasteiger partial charge in [-0.05, 0) is 89.5 Å². The summed E-state index contributed by atoms with van der Waals surface area (Å²) in [4.78, 5) is 55.6. The molecule has 0 bridgehead atoms. The van der Waals surface area contributed by atoms with Crippen LogP contribution in [0.4, 0.5) is 9.59 Å². The molecule has 0 saturated heterocycles. The maximum Gasteiger partial charge on any atom is 0.408 e. The summed E-state index contributed by atoms with van der Waals surface area (Å²) in [6.07, 6.45) is 3.14. The van der Waals surface area contributed by atoms with Gasteiger partial charge in [0.1, 0.15) is 36.5 Å². The average Bonchev–Trinajstić information content (AvgIpc) is 3.02. The highest BCUT2D eigenvalue weighted by Crippen LogP contribution is 2.15. The van der Waals surface area contributed by atoms with E-state index in [0.29, 0.717) is 12.8 Å². The van der Waals surface area contributed by atoms with Crippen LogP contribution in [0, 0.1) is 0 Å². The lowest BCUT2D eigenvalue weighted by Crippen LogP contribution is -2.44. The normalized spacial score (nSPS) is 12.6. The van der Waals surface area contributed by atoms with Crippen molar-refractivity contribution < 1.29 is 38.1 Å². The van der Waals surface area contributed by atoms with Crippen molar-refractivity contribution >= 4 is 24.1 Å². The molecule has 2 N–H and O–H groups in total. The molecule has 0 aliphatic heterocycles. The van der Waals surface area contributed by atoms with Crippen molar-refractivity contribution in [3.63, 3.8) is 0 Å². The summed E-state index contributed by atoms with van der Waals surface area (Å²) in [6, 6.07) is 18.5. The molecular weight excluding hydrogens is 614 g/mol. The van der Waals surface area contributed by atoms with Crippen molar-refractivity contribution in [3.05, 3.63) is 101 Å². The van der Waals surface area contributed by atoms with Gasteiger partial charge in [0.15, 0.2) is 0 Å². The molecule has 11 nitrogen and oxygen atoms in total. The predicted molar refractivity (Wildman–Crippen MR) is 180 cm³/mol. The zero-order valence-electron chi connectivity index (χ0n) is 28.6. The zero-order chi connectivity index (χ0) is 35.2. The first-order chi connectivity index (χ1) is 22.7. The van der Waals surface area contributed by atoms with E-state index in [9.17, 15) is 19.2 Å². The SMILES string of the molecule is CC(C)(C)OC(=O)N[C@@H](CCc1cncc(CC[C@H](NC(=O)OC(C)(C)C)C(=O)OCc2ccccc2)c1)C(=O)OCc1ccccc1. The zero-order valence-corrected chi connectivity index (χ0v) is 28.6. The number of esters is 2. The minimum atomic E-state index is -0.964. The van der Waals surface area contributed by atoms with Crippen LogP contribution >= 0.6 is 0 Å². The summed E-state index contributed by atoms with van der Waals surface area (Å²) >= 11 is 0. The lowest BCUT2D eigenvalue weighted by atomic mass is 10.0. The number of hydrogen-bond donors (Lipinski definition) is 2. The Bertz CT molecular complexity index is 1370. The number of rotatable bonds is 14. The van der Waals surface area contributed by atoms with Gasteiger partial charge in [-0.3, -0.25) is 4.98 Å². The largest absolute Gasteiger partial charge is 0.459 e. The fourth-order valence-electron chi connectivity index (χ4n) is 4.49. The number of carbonyl (C=O) groups excluding carboxylic acids is 4. The first kappa shape index (κ1) is 37.5. The van der Waals surface area contributed by atoms with E-state index in [1.165, 1.54) is 0 Å². The third kappa shape index (κ3) is 14.7. The van der Waals surface area contributed by atoms with Crippen molar-refractivity contribution in [1.82, 2.24) is 15.6 Å². The van der Waals surface area contributed by atoms with Gasteiger partial charge in [-0.2, -0.15) is 0 Å². The highest BCUT2D eigenvalue weighted by Gasteiger charge is 2.27. The fourth-order valence-corrected chi connectivity index (χ4v) is 4.49.